The Hall–Kier alpha value is -2.08. The lowest BCUT2D eigenvalue weighted by Gasteiger charge is -2.34. The Balaban J connectivity index is 1.47. The van der Waals surface area contributed by atoms with Crippen molar-refractivity contribution in [3.63, 3.8) is 0 Å². The standard InChI is InChI=1S/C19H25N3O3/c1-13-19(24)21(16-4-2-3-5-17(16)25-13)11-9-18(23)22-14-6-7-15(22)12-20-10-8-14/h2-5,13-15,20H,6-12H2,1H3. The van der Waals surface area contributed by atoms with E-state index in [1.807, 2.05) is 24.3 Å². The van der Waals surface area contributed by atoms with Crippen LogP contribution in [0.2, 0.25) is 0 Å². The van der Waals surface area contributed by atoms with E-state index in [9.17, 15) is 9.59 Å². The van der Waals surface area contributed by atoms with Crippen LogP contribution < -0.4 is 15.0 Å². The van der Waals surface area contributed by atoms with Crippen LogP contribution in [-0.4, -0.2) is 54.5 Å². The largest absolute Gasteiger partial charge is 0.479 e. The van der Waals surface area contributed by atoms with Crippen molar-refractivity contribution >= 4 is 17.5 Å². The van der Waals surface area contributed by atoms with Gasteiger partial charge in [0.2, 0.25) is 5.91 Å². The molecular formula is C19H25N3O3. The van der Waals surface area contributed by atoms with Crippen LogP contribution in [0.15, 0.2) is 24.3 Å². The molecule has 1 aromatic carbocycles. The number of nitrogens with one attached hydrogen (secondary N) is 1. The van der Waals surface area contributed by atoms with Crippen molar-refractivity contribution < 1.29 is 14.3 Å². The fourth-order valence-electron chi connectivity index (χ4n) is 4.32. The van der Waals surface area contributed by atoms with Gasteiger partial charge < -0.3 is 19.9 Å². The molecule has 1 N–H and O–H groups in total. The van der Waals surface area contributed by atoms with Gasteiger partial charge in [0.15, 0.2) is 6.10 Å². The number of nitrogens with zero attached hydrogens (tertiary/aromatic N) is 2. The fourth-order valence-corrected chi connectivity index (χ4v) is 4.32. The molecule has 3 atom stereocenters. The predicted molar refractivity (Wildman–Crippen MR) is 94.6 cm³/mol. The molecule has 6 nitrogen and oxygen atoms in total. The van der Waals surface area contributed by atoms with Gasteiger partial charge in [-0.15, -0.1) is 0 Å². The van der Waals surface area contributed by atoms with Crippen LogP contribution in [-0.2, 0) is 9.59 Å². The zero-order valence-corrected chi connectivity index (χ0v) is 14.6. The smallest absolute Gasteiger partial charge is 0.267 e. The first kappa shape index (κ1) is 16.4. The number of hydrogen-bond acceptors (Lipinski definition) is 4. The van der Waals surface area contributed by atoms with Gasteiger partial charge in [0.1, 0.15) is 5.75 Å². The first-order valence-corrected chi connectivity index (χ1v) is 9.24. The van der Waals surface area contributed by atoms with Crippen molar-refractivity contribution in [2.24, 2.45) is 0 Å². The maximum atomic E-state index is 12.9. The molecule has 2 fully saturated rings. The van der Waals surface area contributed by atoms with Gasteiger partial charge in [-0.3, -0.25) is 9.59 Å². The molecule has 0 radical (unpaired) electrons. The highest BCUT2D eigenvalue weighted by Crippen LogP contribution is 2.34. The number of carbonyl (C=O) groups is 2. The second-order valence-electron chi connectivity index (χ2n) is 7.15. The molecule has 3 heterocycles. The van der Waals surface area contributed by atoms with E-state index in [1.54, 1.807) is 11.8 Å². The van der Waals surface area contributed by atoms with E-state index >= 15 is 0 Å². The summed E-state index contributed by atoms with van der Waals surface area (Å²) in [6.07, 6.45) is 3.07. The Morgan fingerprint density at radius 2 is 2.04 bits per heavy atom. The average Bonchev–Trinajstić information content (AvgIpc) is 2.88. The van der Waals surface area contributed by atoms with Gasteiger partial charge in [0.05, 0.1) is 5.69 Å². The third-order valence-corrected chi connectivity index (χ3v) is 5.57. The van der Waals surface area contributed by atoms with Crippen LogP contribution in [0, 0.1) is 0 Å². The van der Waals surface area contributed by atoms with E-state index in [1.165, 1.54) is 0 Å². The maximum absolute atomic E-state index is 12.9. The van der Waals surface area contributed by atoms with E-state index < -0.39 is 6.10 Å². The Morgan fingerprint density at radius 3 is 2.92 bits per heavy atom. The van der Waals surface area contributed by atoms with E-state index in [0.29, 0.717) is 30.8 Å². The summed E-state index contributed by atoms with van der Waals surface area (Å²) in [4.78, 5) is 29.2. The molecule has 3 aliphatic rings. The van der Waals surface area contributed by atoms with Crippen molar-refractivity contribution in [3.8, 4) is 5.75 Å². The first-order valence-electron chi connectivity index (χ1n) is 9.24. The number of rotatable bonds is 3. The highest BCUT2D eigenvalue weighted by molar-refractivity contribution is 6.00. The van der Waals surface area contributed by atoms with E-state index in [2.05, 4.69) is 10.2 Å². The first-order chi connectivity index (χ1) is 12.1. The van der Waals surface area contributed by atoms with Gasteiger partial charge in [-0.25, -0.2) is 0 Å². The van der Waals surface area contributed by atoms with Gasteiger partial charge in [-0.2, -0.15) is 0 Å². The number of ether oxygens (including phenoxy) is 1. The Morgan fingerprint density at radius 1 is 1.24 bits per heavy atom. The monoisotopic (exact) mass is 343 g/mol. The SMILES string of the molecule is CC1Oc2ccccc2N(CCC(=O)N2C3CCNCC2CC3)C1=O. The van der Waals surface area contributed by atoms with Crippen molar-refractivity contribution in [3.05, 3.63) is 24.3 Å². The third kappa shape index (κ3) is 2.99. The van der Waals surface area contributed by atoms with Crippen molar-refractivity contribution in [2.75, 3.05) is 24.5 Å². The lowest BCUT2D eigenvalue weighted by atomic mass is 10.1. The topological polar surface area (TPSA) is 61.9 Å². The van der Waals surface area contributed by atoms with Gasteiger partial charge >= 0.3 is 0 Å². The highest BCUT2D eigenvalue weighted by Gasteiger charge is 2.38. The Bertz CT molecular complexity index is 664. The molecule has 3 unspecified atom stereocenters. The van der Waals surface area contributed by atoms with Crippen molar-refractivity contribution in [2.45, 2.75) is 50.8 Å². The molecule has 25 heavy (non-hydrogen) atoms. The quantitative estimate of drug-likeness (QED) is 0.904. The van der Waals surface area contributed by atoms with Crippen LogP contribution >= 0.6 is 0 Å². The number of hydrogen-bond donors (Lipinski definition) is 1. The third-order valence-electron chi connectivity index (χ3n) is 5.57. The van der Waals surface area contributed by atoms with Crippen molar-refractivity contribution in [1.82, 2.24) is 10.2 Å². The predicted octanol–water partition coefficient (Wildman–Crippen LogP) is 1.54. The molecule has 2 bridgehead atoms. The van der Waals surface area contributed by atoms with Gasteiger partial charge in [-0.1, -0.05) is 12.1 Å². The summed E-state index contributed by atoms with van der Waals surface area (Å²) in [5, 5.41) is 3.42. The zero-order chi connectivity index (χ0) is 17.4. The minimum absolute atomic E-state index is 0.0768. The van der Waals surface area contributed by atoms with E-state index in [4.69, 9.17) is 4.74 Å². The molecule has 2 saturated heterocycles. The second-order valence-corrected chi connectivity index (χ2v) is 7.15. The lowest BCUT2D eigenvalue weighted by Crippen LogP contribution is -2.47. The summed E-state index contributed by atoms with van der Waals surface area (Å²) in [7, 11) is 0. The molecule has 3 aliphatic heterocycles. The van der Waals surface area contributed by atoms with Crippen LogP contribution in [0.25, 0.3) is 0 Å². The van der Waals surface area contributed by atoms with Crippen LogP contribution in [0.1, 0.15) is 32.6 Å². The number of anilines is 1. The molecule has 0 spiro atoms. The molecule has 6 heteroatoms. The summed E-state index contributed by atoms with van der Waals surface area (Å²) in [5.74, 6) is 0.800. The Labute approximate surface area is 148 Å². The minimum atomic E-state index is -0.511. The molecule has 134 valence electrons. The van der Waals surface area contributed by atoms with Crippen LogP contribution in [0.3, 0.4) is 0 Å². The van der Waals surface area contributed by atoms with Crippen LogP contribution in [0.4, 0.5) is 5.69 Å². The molecule has 0 aliphatic carbocycles. The second kappa shape index (κ2) is 6.67. The summed E-state index contributed by atoms with van der Waals surface area (Å²) in [5.41, 5.74) is 0.763. The summed E-state index contributed by atoms with van der Waals surface area (Å²) >= 11 is 0. The van der Waals surface area contributed by atoms with Gasteiger partial charge in [-0.05, 0) is 44.9 Å². The normalized spacial score (nSPS) is 28.4. The summed E-state index contributed by atoms with van der Waals surface area (Å²) in [6.45, 7) is 4.04. The number of para-hydroxylation sites is 2. The summed E-state index contributed by atoms with van der Waals surface area (Å²) < 4.78 is 5.66. The maximum Gasteiger partial charge on any atom is 0.267 e. The highest BCUT2D eigenvalue weighted by atomic mass is 16.5. The molecule has 0 saturated carbocycles. The van der Waals surface area contributed by atoms with E-state index in [0.717, 1.165) is 38.0 Å². The Kier molecular flexibility index (Phi) is 4.37. The number of carbonyl (C=O) groups excluding carboxylic acids is 2. The van der Waals surface area contributed by atoms with Gasteiger partial charge in [0, 0.05) is 31.6 Å². The number of benzene rings is 1. The molecule has 2 amide bonds. The van der Waals surface area contributed by atoms with E-state index in [-0.39, 0.29) is 11.8 Å². The molecule has 4 rings (SSSR count). The minimum Gasteiger partial charge on any atom is -0.479 e. The zero-order valence-electron chi connectivity index (χ0n) is 14.6. The summed E-state index contributed by atoms with van der Waals surface area (Å²) in [6, 6.07) is 8.20. The lowest BCUT2D eigenvalue weighted by molar-refractivity contribution is -0.133. The molecule has 1 aromatic rings. The number of fused-ring (bicyclic) bond motifs is 3. The fraction of sp³-hybridized carbons (Fsp3) is 0.579. The van der Waals surface area contributed by atoms with Crippen LogP contribution in [0.5, 0.6) is 5.75 Å². The van der Waals surface area contributed by atoms with Crippen molar-refractivity contribution in [1.29, 1.82) is 0 Å². The number of amides is 2. The van der Waals surface area contributed by atoms with Gasteiger partial charge in [0.25, 0.3) is 5.91 Å². The molecule has 0 aromatic heterocycles. The molecular weight excluding hydrogens is 318 g/mol. The average molecular weight is 343 g/mol.